The van der Waals surface area contributed by atoms with Crippen molar-refractivity contribution in [1.82, 2.24) is 0 Å². The fraction of sp³-hybridized carbons (Fsp3) is 0.760. The second-order valence-electron chi connectivity index (χ2n) is 8.93. The number of alkyl halides is 1. The summed E-state index contributed by atoms with van der Waals surface area (Å²) in [6, 6.07) is 5.78. The van der Waals surface area contributed by atoms with Crippen LogP contribution in [0.15, 0.2) is 29.2 Å². The van der Waals surface area contributed by atoms with E-state index in [1.165, 1.54) is 107 Å². The van der Waals surface area contributed by atoms with Crippen LogP contribution in [0, 0.1) is 6.92 Å². The highest BCUT2D eigenvalue weighted by atomic mass is 79.9. The van der Waals surface area contributed by atoms with Crippen molar-refractivity contribution in [2.24, 2.45) is 0 Å². The van der Waals surface area contributed by atoms with Crippen molar-refractivity contribution in [2.75, 3.05) is 32.0 Å². The fourth-order valence-electron chi connectivity index (χ4n) is 3.68. The van der Waals surface area contributed by atoms with E-state index in [1.54, 1.807) is 12.1 Å². The van der Waals surface area contributed by atoms with Gasteiger partial charge in [0, 0.05) is 11.8 Å². The Labute approximate surface area is 201 Å². The summed E-state index contributed by atoms with van der Waals surface area (Å²) in [5, 5.41) is 1.16. The lowest BCUT2D eigenvalue weighted by molar-refractivity contribution is -0.910. The van der Waals surface area contributed by atoms with Gasteiger partial charge in [0.05, 0.1) is 31.6 Å². The molecule has 0 N–H and O–H groups in total. The van der Waals surface area contributed by atoms with Gasteiger partial charge in [0.1, 0.15) is 10.1 Å². The largest absolute Gasteiger partial charge is 0.744 e. The lowest BCUT2D eigenvalue weighted by Gasteiger charge is -2.35. The molecule has 0 aliphatic rings. The Morgan fingerprint density at radius 2 is 1.19 bits per heavy atom. The third-order valence-corrected chi connectivity index (χ3v) is 7.15. The quantitative estimate of drug-likeness (QED) is 0.101. The number of rotatable bonds is 16. The van der Waals surface area contributed by atoms with E-state index >= 15 is 0 Å². The van der Waals surface area contributed by atoms with Gasteiger partial charge in [0.25, 0.3) is 0 Å². The predicted molar refractivity (Wildman–Crippen MR) is 136 cm³/mol. The molecule has 0 heterocycles. The number of unbranched alkanes of at least 4 members (excludes halogenated alkanes) is 8. The predicted octanol–water partition coefficient (Wildman–Crippen LogP) is 7.06. The van der Waals surface area contributed by atoms with Gasteiger partial charge in [-0.2, -0.15) is 0 Å². The summed E-state index contributed by atoms with van der Waals surface area (Å²) < 4.78 is 32.5. The minimum Gasteiger partial charge on any atom is -0.744 e. The number of hydrogen-bond donors (Lipinski definition) is 0. The third-order valence-electron chi connectivity index (χ3n) is 5.74. The van der Waals surface area contributed by atoms with Crippen LogP contribution in [-0.4, -0.2) is 49.5 Å². The molecule has 31 heavy (non-hydrogen) atoms. The van der Waals surface area contributed by atoms with Gasteiger partial charge in [-0.25, -0.2) is 8.42 Å². The van der Waals surface area contributed by atoms with Crippen molar-refractivity contribution in [3.63, 3.8) is 0 Å². The Hall–Kier alpha value is -0.430. The summed E-state index contributed by atoms with van der Waals surface area (Å²) in [6.07, 6.45) is 15.5. The van der Waals surface area contributed by atoms with Crippen LogP contribution >= 0.6 is 15.9 Å². The Kier molecular flexibility index (Phi) is 17.8. The Morgan fingerprint density at radius 3 is 1.58 bits per heavy atom. The van der Waals surface area contributed by atoms with Gasteiger partial charge in [-0.05, 0) is 44.7 Å². The molecule has 1 aromatic rings. The molecule has 182 valence electrons. The van der Waals surface area contributed by atoms with Gasteiger partial charge in [-0.15, -0.1) is 0 Å². The highest BCUT2D eigenvalue weighted by molar-refractivity contribution is 9.09. The Morgan fingerprint density at radius 1 is 0.774 bits per heavy atom. The monoisotopic (exact) mass is 519 g/mol. The second-order valence-corrected chi connectivity index (χ2v) is 11.1. The Bertz CT molecular complexity index is 633. The van der Waals surface area contributed by atoms with Crippen LogP contribution in [0.3, 0.4) is 0 Å². The maximum absolute atomic E-state index is 10.4. The minimum atomic E-state index is -4.27. The van der Waals surface area contributed by atoms with Crippen molar-refractivity contribution in [3.05, 3.63) is 29.8 Å². The van der Waals surface area contributed by atoms with Gasteiger partial charge in [-0.1, -0.05) is 86.0 Å². The van der Waals surface area contributed by atoms with Crippen LogP contribution in [0.4, 0.5) is 0 Å². The zero-order chi connectivity index (χ0) is 23.6. The molecule has 1 rings (SSSR count). The van der Waals surface area contributed by atoms with Gasteiger partial charge in [0.2, 0.25) is 0 Å². The molecule has 0 saturated heterocycles. The first kappa shape index (κ1) is 30.6. The summed E-state index contributed by atoms with van der Waals surface area (Å²) in [6.45, 7) is 10.6. The van der Waals surface area contributed by atoms with Gasteiger partial charge < -0.3 is 9.04 Å². The maximum Gasteiger partial charge on any atom is 0.124 e. The highest BCUT2D eigenvalue weighted by Crippen LogP contribution is 2.14. The van der Waals surface area contributed by atoms with E-state index in [0.717, 1.165) is 10.9 Å². The summed E-state index contributed by atoms with van der Waals surface area (Å²) in [5.41, 5.74) is 0.928. The molecule has 0 amide bonds. The smallest absolute Gasteiger partial charge is 0.124 e. The number of quaternary nitrogens is 1. The van der Waals surface area contributed by atoms with E-state index in [1.807, 2.05) is 6.92 Å². The summed E-state index contributed by atoms with van der Waals surface area (Å²) >= 11 is 3.60. The number of hydrogen-bond acceptors (Lipinski definition) is 3. The van der Waals surface area contributed by atoms with Crippen LogP contribution in [0.2, 0.25) is 0 Å². The van der Waals surface area contributed by atoms with E-state index in [2.05, 4.69) is 36.8 Å². The summed E-state index contributed by atoms with van der Waals surface area (Å²) in [5.74, 6) is 0. The molecule has 0 bridgehead atoms. The molecular formula is C25H46BrNO3S. The lowest BCUT2D eigenvalue weighted by atomic mass is 10.1. The maximum atomic E-state index is 10.4. The molecule has 0 saturated carbocycles. The average molecular weight is 521 g/mol. The average Bonchev–Trinajstić information content (AvgIpc) is 2.72. The standard InChI is InChI=1S/C18H39BrN.C7H8O3S/c1-4-6-8-10-12-16-20(3,18-14-15-19)17-13-11-9-7-5-2;1-6-2-4-7(5-3-6)11(8,9)10/h4-18H2,1-3H3;2-5H,1H3,(H,8,9,10)/q+1;/p-1. The third kappa shape index (κ3) is 16.8. The molecule has 0 aliphatic carbocycles. The first-order valence-corrected chi connectivity index (χ1v) is 14.6. The Balaban J connectivity index is 0.000000683. The molecule has 0 spiro atoms. The van der Waals surface area contributed by atoms with Gasteiger partial charge >= 0.3 is 0 Å². The van der Waals surface area contributed by atoms with Gasteiger partial charge in [0.15, 0.2) is 0 Å². The zero-order valence-corrected chi connectivity index (χ0v) is 22.8. The molecule has 0 radical (unpaired) electrons. The molecular weight excluding hydrogens is 474 g/mol. The van der Waals surface area contributed by atoms with Crippen molar-refractivity contribution >= 4 is 26.0 Å². The van der Waals surface area contributed by atoms with Crippen LogP contribution in [0.1, 0.15) is 90.0 Å². The number of aryl methyl sites for hydroxylation is 1. The minimum absolute atomic E-state index is 0.178. The van der Waals surface area contributed by atoms with Crippen molar-refractivity contribution < 1.29 is 17.5 Å². The SMILES string of the molecule is CCCCCCC[N+](C)(CCCBr)CCCCCCC.Cc1ccc(S(=O)(=O)[O-])cc1. The van der Waals surface area contributed by atoms with E-state index in [-0.39, 0.29) is 4.90 Å². The molecule has 0 aliphatic heterocycles. The first-order valence-electron chi connectivity index (χ1n) is 12.1. The van der Waals surface area contributed by atoms with E-state index in [9.17, 15) is 13.0 Å². The molecule has 1 aromatic carbocycles. The van der Waals surface area contributed by atoms with Crippen molar-refractivity contribution in [2.45, 2.75) is 96.3 Å². The number of halogens is 1. The van der Waals surface area contributed by atoms with Crippen molar-refractivity contribution in [3.8, 4) is 0 Å². The van der Waals surface area contributed by atoms with E-state index in [0.29, 0.717) is 0 Å². The number of nitrogens with zero attached hydrogens (tertiary/aromatic N) is 1. The molecule has 4 nitrogen and oxygen atoms in total. The molecule has 0 fully saturated rings. The van der Waals surface area contributed by atoms with Crippen LogP contribution < -0.4 is 0 Å². The number of benzene rings is 1. The van der Waals surface area contributed by atoms with Crippen LogP contribution in [0.5, 0.6) is 0 Å². The van der Waals surface area contributed by atoms with E-state index < -0.39 is 10.1 Å². The van der Waals surface area contributed by atoms with Crippen LogP contribution in [0.25, 0.3) is 0 Å². The molecule has 6 heteroatoms. The van der Waals surface area contributed by atoms with Crippen molar-refractivity contribution in [1.29, 1.82) is 0 Å². The zero-order valence-electron chi connectivity index (χ0n) is 20.4. The highest BCUT2D eigenvalue weighted by Gasteiger charge is 2.19. The van der Waals surface area contributed by atoms with E-state index in [4.69, 9.17) is 0 Å². The van der Waals surface area contributed by atoms with Gasteiger partial charge in [-0.3, -0.25) is 0 Å². The second kappa shape index (κ2) is 18.0. The summed E-state index contributed by atoms with van der Waals surface area (Å²) in [4.78, 5) is -0.178. The molecule has 0 unspecified atom stereocenters. The first-order chi connectivity index (χ1) is 14.7. The topological polar surface area (TPSA) is 57.2 Å². The van der Waals surface area contributed by atoms with Crippen LogP contribution in [-0.2, 0) is 10.1 Å². The lowest BCUT2D eigenvalue weighted by Crippen LogP contribution is -2.46. The summed E-state index contributed by atoms with van der Waals surface area (Å²) in [7, 11) is -1.78. The normalized spacial score (nSPS) is 11.8. The molecule has 0 aromatic heterocycles. The fourth-order valence-corrected chi connectivity index (χ4v) is 4.40. The molecule has 0 atom stereocenters.